The number of carbonyl (C=O) groups excluding carboxylic acids is 1. The van der Waals surface area contributed by atoms with Gasteiger partial charge in [0.05, 0.1) is 5.56 Å². The van der Waals surface area contributed by atoms with E-state index in [0.717, 1.165) is 6.42 Å². The van der Waals surface area contributed by atoms with Gasteiger partial charge >= 0.3 is 5.97 Å². The smallest absolute Gasteiger partial charge is 0.335 e. The molecule has 0 fully saturated rings. The Balaban J connectivity index is 2.92. The van der Waals surface area contributed by atoms with Crippen molar-refractivity contribution in [1.82, 2.24) is 0 Å². The summed E-state index contributed by atoms with van der Waals surface area (Å²) in [5.41, 5.74) is 0.626. The first-order chi connectivity index (χ1) is 7.93. The maximum absolute atomic E-state index is 11.7. The molecule has 0 heterocycles. The minimum atomic E-state index is -1.02. The Kier molecular flexibility index (Phi) is 4.69. The zero-order chi connectivity index (χ0) is 13.0. The van der Waals surface area contributed by atoms with Crippen LogP contribution in [0.15, 0.2) is 22.7 Å². The molecule has 2 N–H and O–H groups in total. The second-order valence-corrected chi connectivity index (χ2v) is 4.75. The third-order valence-electron chi connectivity index (χ3n) is 2.47. The summed E-state index contributed by atoms with van der Waals surface area (Å²) in [6, 6.07) is 4.60. The lowest BCUT2D eigenvalue weighted by Crippen LogP contribution is -2.19. The quantitative estimate of drug-likeness (QED) is 0.897. The summed E-state index contributed by atoms with van der Waals surface area (Å²) in [5, 5.41) is 11.6. The third-order valence-corrected chi connectivity index (χ3v) is 2.93. The van der Waals surface area contributed by atoms with Crippen molar-refractivity contribution in [2.45, 2.75) is 20.3 Å². The van der Waals surface area contributed by atoms with Crippen molar-refractivity contribution in [2.75, 3.05) is 5.32 Å². The van der Waals surface area contributed by atoms with Gasteiger partial charge in [-0.05, 0) is 24.6 Å². The average Bonchev–Trinajstić information content (AvgIpc) is 2.26. The first kappa shape index (κ1) is 13.7. The topological polar surface area (TPSA) is 66.4 Å². The van der Waals surface area contributed by atoms with E-state index in [2.05, 4.69) is 21.2 Å². The summed E-state index contributed by atoms with van der Waals surface area (Å²) in [4.78, 5) is 22.5. The highest BCUT2D eigenvalue weighted by Gasteiger charge is 2.12. The molecule has 92 valence electrons. The van der Waals surface area contributed by atoms with Crippen LogP contribution in [0.1, 0.15) is 30.6 Å². The van der Waals surface area contributed by atoms with Gasteiger partial charge in [-0.2, -0.15) is 0 Å². The largest absolute Gasteiger partial charge is 0.478 e. The summed E-state index contributed by atoms with van der Waals surface area (Å²) < 4.78 is 0.622. The number of amides is 1. The van der Waals surface area contributed by atoms with E-state index < -0.39 is 5.97 Å². The van der Waals surface area contributed by atoms with E-state index in [1.54, 1.807) is 6.07 Å². The molecule has 4 nitrogen and oxygen atoms in total. The predicted octanol–water partition coefficient (Wildman–Crippen LogP) is 3.13. The monoisotopic (exact) mass is 299 g/mol. The lowest BCUT2D eigenvalue weighted by molar-refractivity contribution is -0.119. The lowest BCUT2D eigenvalue weighted by atomic mass is 10.1. The number of halogens is 1. The van der Waals surface area contributed by atoms with Crippen molar-refractivity contribution >= 4 is 33.5 Å². The summed E-state index contributed by atoms with van der Waals surface area (Å²) in [6.45, 7) is 3.75. The van der Waals surface area contributed by atoms with E-state index >= 15 is 0 Å². The summed E-state index contributed by atoms with van der Waals surface area (Å²) in [7, 11) is 0. The van der Waals surface area contributed by atoms with Crippen LogP contribution in [0.4, 0.5) is 5.69 Å². The van der Waals surface area contributed by atoms with Crippen LogP contribution in [-0.2, 0) is 4.79 Å². The van der Waals surface area contributed by atoms with Crippen molar-refractivity contribution in [2.24, 2.45) is 5.92 Å². The number of anilines is 1. The number of aromatic carboxylic acids is 1. The second-order valence-electron chi connectivity index (χ2n) is 3.83. The molecular formula is C12H14BrNO3. The minimum absolute atomic E-state index is 0.0951. The summed E-state index contributed by atoms with van der Waals surface area (Å²) >= 11 is 3.21. The zero-order valence-electron chi connectivity index (χ0n) is 9.66. The van der Waals surface area contributed by atoms with Gasteiger partial charge in [-0.3, -0.25) is 4.79 Å². The van der Waals surface area contributed by atoms with E-state index in [-0.39, 0.29) is 17.4 Å². The Morgan fingerprint density at radius 3 is 2.59 bits per heavy atom. The van der Waals surface area contributed by atoms with Crippen LogP contribution in [0.2, 0.25) is 0 Å². The molecule has 0 saturated carbocycles. The average molecular weight is 300 g/mol. The molecule has 1 atom stereocenters. The minimum Gasteiger partial charge on any atom is -0.478 e. The van der Waals surface area contributed by atoms with E-state index in [0.29, 0.717) is 10.2 Å². The number of carbonyl (C=O) groups is 2. The van der Waals surface area contributed by atoms with Gasteiger partial charge in [-0.15, -0.1) is 0 Å². The van der Waals surface area contributed by atoms with Gasteiger partial charge in [0.25, 0.3) is 0 Å². The van der Waals surface area contributed by atoms with Gasteiger partial charge in [0.15, 0.2) is 0 Å². The fourth-order valence-corrected chi connectivity index (χ4v) is 1.73. The van der Waals surface area contributed by atoms with E-state index in [1.807, 2.05) is 13.8 Å². The van der Waals surface area contributed by atoms with Crippen molar-refractivity contribution < 1.29 is 14.7 Å². The second kappa shape index (κ2) is 5.82. The van der Waals surface area contributed by atoms with Crippen LogP contribution >= 0.6 is 15.9 Å². The summed E-state index contributed by atoms with van der Waals surface area (Å²) in [5.74, 6) is -1.23. The molecule has 0 aliphatic carbocycles. The van der Waals surface area contributed by atoms with E-state index in [1.165, 1.54) is 12.1 Å². The highest BCUT2D eigenvalue weighted by Crippen LogP contribution is 2.20. The molecule has 0 aliphatic heterocycles. The SMILES string of the molecule is CCC(C)C(=O)Nc1cc(Br)cc(C(=O)O)c1. The van der Waals surface area contributed by atoms with Crippen molar-refractivity contribution in [3.8, 4) is 0 Å². The molecule has 0 radical (unpaired) electrons. The normalized spacial score (nSPS) is 11.9. The summed E-state index contributed by atoms with van der Waals surface area (Å²) in [6.07, 6.45) is 0.742. The molecular weight excluding hydrogens is 286 g/mol. The number of rotatable bonds is 4. The number of hydrogen-bond donors (Lipinski definition) is 2. The maximum Gasteiger partial charge on any atom is 0.335 e. The molecule has 1 aromatic carbocycles. The van der Waals surface area contributed by atoms with Gasteiger partial charge in [-0.25, -0.2) is 4.79 Å². The molecule has 0 bridgehead atoms. The van der Waals surface area contributed by atoms with Gasteiger partial charge in [0, 0.05) is 16.1 Å². The van der Waals surface area contributed by atoms with E-state index in [4.69, 9.17) is 5.11 Å². The van der Waals surface area contributed by atoms with Crippen LogP contribution in [-0.4, -0.2) is 17.0 Å². The molecule has 0 aromatic heterocycles. The molecule has 1 aromatic rings. The van der Waals surface area contributed by atoms with Crippen LogP contribution in [0.5, 0.6) is 0 Å². The van der Waals surface area contributed by atoms with E-state index in [9.17, 15) is 9.59 Å². The highest BCUT2D eigenvalue weighted by molar-refractivity contribution is 9.10. The number of nitrogens with one attached hydrogen (secondary N) is 1. The Hall–Kier alpha value is -1.36. The third kappa shape index (κ3) is 3.85. The predicted molar refractivity (Wildman–Crippen MR) is 69.2 cm³/mol. The van der Waals surface area contributed by atoms with Crippen LogP contribution in [0.3, 0.4) is 0 Å². The van der Waals surface area contributed by atoms with Gasteiger partial charge in [-0.1, -0.05) is 29.8 Å². The molecule has 1 unspecified atom stereocenters. The maximum atomic E-state index is 11.7. The van der Waals surface area contributed by atoms with Crippen molar-refractivity contribution in [3.05, 3.63) is 28.2 Å². The number of hydrogen-bond acceptors (Lipinski definition) is 2. The lowest BCUT2D eigenvalue weighted by Gasteiger charge is -2.10. The number of carboxylic acid groups (broad SMARTS) is 1. The molecule has 1 rings (SSSR count). The fraction of sp³-hybridized carbons (Fsp3) is 0.333. The Bertz CT molecular complexity index is 445. The van der Waals surface area contributed by atoms with Gasteiger partial charge in [0.1, 0.15) is 0 Å². The standard InChI is InChI=1S/C12H14BrNO3/c1-3-7(2)11(15)14-10-5-8(12(16)17)4-9(13)6-10/h4-7H,3H2,1-2H3,(H,14,15)(H,16,17). The number of carboxylic acids is 1. The first-order valence-corrected chi connectivity index (χ1v) is 6.08. The highest BCUT2D eigenvalue weighted by atomic mass is 79.9. The van der Waals surface area contributed by atoms with Crippen molar-refractivity contribution in [3.63, 3.8) is 0 Å². The number of benzene rings is 1. The van der Waals surface area contributed by atoms with Crippen LogP contribution < -0.4 is 5.32 Å². The molecule has 17 heavy (non-hydrogen) atoms. The van der Waals surface area contributed by atoms with Crippen LogP contribution in [0.25, 0.3) is 0 Å². The Morgan fingerprint density at radius 1 is 1.41 bits per heavy atom. The Labute approximate surface area is 108 Å². The first-order valence-electron chi connectivity index (χ1n) is 5.28. The fourth-order valence-electron chi connectivity index (χ4n) is 1.24. The van der Waals surface area contributed by atoms with Crippen molar-refractivity contribution in [1.29, 1.82) is 0 Å². The van der Waals surface area contributed by atoms with Crippen LogP contribution in [0, 0.1) is 5.92 Å². The molecule has 1 amide bonds. The Morgan fingerprint density at radius 2 is 2.06 bits per heavy atom. The zero-order valence-corrected chi connectivity index (χ0v) is 11.2. The molecule has 0 saturated heterocycles. The van der Waals surface area contributed by atoms with Gasteiger partial charge in [0.2, 0.25) is 5.91 Å². The molecule has 5 heteroatoms. The molecule has 0 spiro atoms. The molecule has 0 aliphatic rings. The van der Waals surface area contributed by atoms with Gasteiger partial charge < -0.3 is 10.4 Å².